The van der Waals surface area contributed by atoms with E-state index in [4.69, 9.17) is 0 Å². The van der Waals surface area contributed by atoms with Crippen molar-refractivity contribution in [3.8, 4) is 0 Å². The van der Waals surface area contributed by atoms with Gasteiger partial charge in [-0.1, -0.05) is 0 Å². The van der Waals surface area contributed by atoms with Gasteiger partial charge in [0.25, 0.3) is 0 Å². The Labute approximate surface area is 80.3 Å². The molecule has 0 aliphatic rings. The van der Waals surface area contributed by atoms with E-state index in [1.54, 1.807) is 12.1 Å². The fourth-order valence-electron chi connectivity index (χ4n) is 0.692. The van der Waals surface area contributed by atoms with Crippen LogP contribution < -0.4 is 17.0 Å². The summed E-state index contributed by atoms with van der Waals surface area (Å²) in [7, 11) is 0. The average molecular weight is 254 g/mol. The summed E-state index contributed by atoms with van der Waals surface area (Å²) in [5, 5.41) is 1.03. The maximum atomic E-state index is 12.4. The smallest absolute Gasteiger partial charge is 1.00 e. The third-order valence-corrected chi connectivity index (χ3v) is 2.39. The largest absolute Gasteiger partial charge is 1.00 e. The molecule has 1 rings (SSSR count). The zero-order chi connectivity index (χ0) is 6.69. The summed E-state index contributed by atoms with van der Waals surface area (Å²) in [6.45, 7) is 0. The molecule has 3 heteroatoms. The Kier molecular flexibility index (Phi) is 5.10. The molecule has 0 fully saturated rings. The molecule has 1 aromatic rings. The number of hydrogen-bond acceptors (Lipinski definition) is 0. The second-order valence-electron chi connectivity index (χ2n) is 1.88. The van der Waals surface area contributed by atoms with Gasteiger partial charge in [-0.05, 0) is 0 Å². The molecule has 0 N–H and O–H groups in total. The first-order valence-electron chi connectivity index (χ1n) is 2.86. The van der Waals surface area contributed by atoms with Crippen LogP contribution >= 0.6 is 0 Å². The fraction of sp³-hybridized carbons (Fsp3) is 0.143. The van der Waals surface area contributed by atoms with Crippen molar-refractivity contribution >= 4 is 0 Å². The van der Waals surface area contributed by atoms with Crippen LogP contribution in [-0.2, 0) is 23.3 Å². The molecule has 0 amide bonds. The molecule has 0 bridgehead atoms. The van der Waals surface area contributed by atoms with Gasteiger partial charge in [0.1, 0.15) is 0 Å². The molecule has 50 valence electrons. The van der Waals surface area contributed by atoms with Gasteiger partial charge in [0.05, 0.1) is 0 Å². The third-order valence-electron chi connectivity index (χ3n) is 1.18. The van der Waals surface area contributed by atoms with E-state index in [2.05, 4.69) is 0 Å². The summed E-state index contributed by atoms with van der Waals surface area (Å²) >= 11 is 1.20. The van der Waals surface area contributed by atoms with Gasteiger partial charge in [-0.2, -0.15) is 0 Å². The Morgan fingerprint density at radius 3 is 2.50 bits per heavy atom. The van der Waals surface area contributed by atoms with Crippen LogP contribution in [0.3, 0.4) is 0 Å². The first kappa shape index (κ1) is 10.3. The molecular formula is C7H6BrFZn. The minimum absolute atomic E-state index is 0. The van der Waals surface area contributed by atoms with Gasteiger partial charge in [0.2, 0.25) is 0 Å². The van der Waals surface area contributed by atoms with Gasteiger partial charge in [0, 0.05) is 0 Å². The monoisotopic (exact) mass is 252 g/mol. The molecular weight excluding hydrogens is 248 g/mol. The summed E-state index contributed by atoms with van der Waals surface area (Å²) in [5.41, 5.74) is 1.11. The zero-order valence-corrected chi connectivity index (χ0v) is 10.0. The standard InChI is InChI=1S/C7H6F.BrH.Zn/c1-6-3-2-4-7(8)5-6;;/h2-5H,1H2;1H;/q;;+1/p-1. The van der Waals surface area contributed by atoms with Crippen LogP contribution in [0.2, 0.25) is 0 Å². The molecule has 1 aromatic carbocycles. The van der Waals surface area contributed by atoms with Gasteiger partial charge >= 0.3 is 63.4 Å². The molecule has 0 spiro atoms. The third kappa shape index (κ3) is 2.89. The maximum absolute atomic E-state index is 12.4. The number of hydrogen-bond donors (Lipinski definition) is 0. The predicted octanol–water partition coefficient (Wildman–Crippen LogP) is -1.12. The summed E-state index contributed by atoms with van der Waals surface area (Å²) in [5.74, 6) is -0.124. The van der Waals surface area contributed by atoms with E-state index in [1.807, 2.05) is 6.07 Å². The minimum Gasteiger partial charge on any atom is -1.00 e. The number of halogens is 2. The summed E-state index contributed by atoms with van der Waals surface area (Å²) in [6, 6.07) is 6.76. The minimum atomic E-state index is -0.124. The molecule has 0 atom stereocenters. The first-order chi connectivity index (χ1) is 4.33. The number of benzene rings is 1. The van der Waals surface area contributed by atoms with Crippen LogP contribution in [0, 0.1) is 5.82 Å². The molecule has 0 aliphatic heterocycles. The van der Waals surface area contributed by atoms with Crippen molar-refractivity contribution in [2.75, 3.05) is 0 Å². The van der Waals surface area contributed by atoms with Gasteiger partial charge in [-0.25, -0.2) is 0 Å². The zero-order valence-electron chi connectivity index (χ0n) is 5.48. The van der Waals surface area contributed by atoms with Crippen LogP contribution in [0.4, 0.5) is 4.39 Å². The van der Waals surface area contributed by atoms with E-state index in [-0.39, 0.29) is 22.8 Å². The summed E-state index contributed by atoms with van der Waals surface area (Å²) in [6.07, 6.45) is 0. The Morgan fingerprint density at radius 1 is 1.40 bits per heavy atom. The van der Waals surface area contributed by atoms with E-state index in [0.29, 0.717) is 0 Å². The van der Waals surface area contributed by atoms with Crippen molar-refractivity contribution in [1.29, 1.82) is 0 Å². The van der Waals surface area contributed by atoms with Crippen LogP contribution in [0.25, 0.3) is 0 Å². The number of rotatable bonds is 1. The predicted molar refractivity (Wildman–Crippen MR) is 30.1 cm³/mol. The fourth-order valence-corrected chi connectivity index (χ4v) is 1.34. The van der Waals surface area contributed by atoms with E-state index in [0.717, 1.165) is 10.6 Å². The molecule has 0 aliphatic carbocycles. The Morgan fingerprint density at radius 2 is 2.10 bits per heavy atom. The van der Waals surface area contributed by atoms with Gasteiger partial charge in [-0.3, -0.25) is 0 Å². The Balaban J connectivity index is 0.000000810. The van der Waals surface area contributed by atoms with Crippen LogP contribution in [0.5, 0.6) is 0 Å². The molecule has 10 heavy (non-hydrogen) atoms. The molecule has 0 aromatic heterocycles. The second-order valence-corrected chi connectivity index (χ2v) is 2.93. The van der Waals surface area contributed by atoms with Gasteiger partial charge in [0.15, 0.2) is 0 Å². The second kappa shape index (κ2) is 4.98. The summed E-state index contributed by atoms with van der Waals surface area (Å²) in [4.78, 5) is 0. The normalized spacial score (nSPS) is 8.70. The van der Waals surface area contributed by atoms with E-state index in [1.165, 1.54) is 24.4 Å². The quantitative estimate of drug-likeness (QED) is 0.557. The Hall–Kier alpha value is 0.253. The first-order valence-corrected chi connectivity index (χ1v) is 4.96. The van der Waals surface area contributed by atoms with Crippen molar-refractivity contribution in [1.82, 2.24) is 0 Å². The molecule has 0 nitrogen and oxygen atoms in total. The van der Waals surface area contributed by atoms with Crippen LogP contribution in [0.1, 0.15) is 5.56 Å². The van der Waals surface area contributed by atoms with Crippen molar-refractivity contribution < 1.29 is 39.7 Å². The molecule has 0 radical (unpaired) electrons. The molecule has 0 heterocycles. The van der Waals surface area contributed by atoms with Gasteiger partial charge in [-0.15, -0.1) is 0 Å². The van der Waals surface area contributed by atoms with Crippen molar-refractivity contribution in [2.45, 2.75) is 5.02 Å². The van der Waals surface area contributed by atoms with Crippen molar-refractivity contribution in [3.63, 3.8) is 0 Å². The van der Waals surface area contributed by atoms with Crippen molar-refractivity contribution in [2.24, 2.45) is 0 Å². The topological polar surface area (TPSA) is 0 Å². The van der Waals surface area contributed by atoms with Crippen LogP contribution in [0.15, 0.2) is 24.3 Å². The SMILES string of the molecule is Fc1cccc([CH2][Zn+])c1.[Br-]. The maximum Gasteiger partial charge on any atom is -1.00 e. The van der Waals surface area contributed by atoms with Crippen molar-refractivity contribution in [3.05, 3.63) is 35.6 Å². The molecule has 0 saturated heterocycles. The average Bonchev–Trinajstić information content (AvgIpc) is 1.88. The molecule has 0 saturated carbocycles. The Bertz CT molecular complexity index is 203. The van der Waals surface area contributed by atoms with Gasteiger partial charge < -0.3 is 17.0 Å². The van der Waals surface area contributed by atoms with Crippen LogP contribution in [-0.4, -0.2) is 0 Å². The van der Waals surface area contributed by atoms with E-state index < -0.39 is 0 Å². The van der Waals surface area contributed by atoms with E-state index in [9.17, 15) is 4.39 Å². The van der Waals surface area contributed by atoms with E-state index >= 15 is 0 Å². The summed E-state index contributed by atoms with van der Waals surface area (Å²) < 4.78 is 12.4. The molecule has 0 unspecified atom stereocenters.